The number of likely N-dealkylation sites (tertiary alicyclic amines) is 1. The summed E-state index contributed by atoms with van der Waals surface area (Å²) in [5, 5.41) is 5.86. The first-order chi connectivity index (χ1) is 12.8. The minimum atomic E-state index is 0.350. The number of ether oxygens (including phenoxy) is 1. The third-order valence-electron chi connectivity index (χ3n) is 6.07. The van der Waals surface area contributed by atoms with Crippen LogP contribution < -0.4 is 10.1 Å². The second kappa shape index (κ2) is 8.36. The van der Waals surface area contributed by atoms with E-state index in [1.807, 2.05) is 12.4 Å². The number of rotatable bonds is 5. The molecule has 2 aliphatic heterocycles. The molecule has 1 N–H and O–H groups in total. The number of hydrogen-bond donors (Lipinski definition) is 1. The standard InChI is InChI=1S/C22H31N3O/c1-17-14-20-16-24-10-4-19(20)15-22(17)26-21-6-12-25(13-7-21)11-5-18-2-8-23-9-3-18/h4,10,14-16,18,21,23H,2-3,5-9,11-13H2,1H3. The second-order valence-corrected chi connectivity index (χ2v) is 7.98. The van der Waals surface area contributed by atoms with Crippen molar-refractivity contribution in [1.29, 1.82) is 0 Å². The molecule has 2 saturated heterocycles. The first-order valence-electron chi connectivity index (χ1n) is 10.2. The highest BCUT2D eigenvalue weighted by atomic mass is 16.5. The molecule has 3 heterocycles. The highest BCUT2D eigenvalue weighted by Gasteiger charge is 2.22. The number of aromatic nitrogens is 1. The number of hydrogen-bond acceptors (Lipinski definition) is 4. The van der Waals surface area contributed by atoms with Gasteiger partial charge in [-0.2, -0.15) is 0 Å². The maximum atomic E-state index is 6.38. The average Bonchev–Trinajstić information content (AvgIpc) is 2.69. The van der Waals surface area contributed by atoms with Crippen LogP contribution in [0.5, 0.6) is 5.75 Å². The van der Waals surface area contributed by atoms with Crippen molar-refractivity contribution < 1.29 is 4.74 Å². The van der Waals surface area contributed by atoms with E-state index in [4.69, 9.17) is 4.74 Å². The van der Waals surface area contributed by atoms with E-state index in [-0.39, 0.29) is 0 Å². The molecule has 2 aromatic rings. The van der Waals surface area contributed by atoms with Crippen LogP contribution in [-0.2, 0) is 0 Å². The quantitative estimate of drug-likeness (QED) is 0.888. The normalized spacial score (nSPS) is 20.5. The molecule has 0 spiro atoms. The number of benzene rings is 1. The Balaban J connectivity index is 1.28. The first kappa shape index (κ1) is 17.7. The zero-order chi connectivity index (χ0) is 17.8. The number of nitrogens with one attached hydrogen (secondary N) is 1. The molecule has 0 radical (unpaired) electrons. The van der Waals surface area contributed by atoms with Gasteiger partial charge in [-0.3, -0.25) is 4.98 Å². The van der Waals surface area contributed by atoms with Gasteiger partial charge in [-0.25, -0.2) is 0 Å². The summed E-state index contributed by atoms with van der Waals surface area (Å²) >= 11 is 0. The summed E-state index contributed by atoms with van der Waals surface area (Å²) in [5.74, 6) is 1.97. The van der Waals surface area contributed by atoms with Crippen molar-refractivity contribution in [3.05, 3.63) is 36.2 Å². The minimum Gasteiger partial charge on any atom is -0.490 e. The molecule has 0 saturated carbocycles. The molecular formula is C22H31N3O. The molecule has 0 unspecified atom stereocenters. The van der Waals surface area contributed by atoms with E-state index >= 15 is 0 Å². The summed E-state index contributed by atoms with van der Waals surface area (Å²) in [4.78, 5) is 6.85. The van der Waals surface area contributed by atoms with Crippen LogP contribution in [0, 0.1) is 12.8 Å². The number of piperidine rings is 2. The van der Waals surface area contributed by atoms with E-state index in [0.29, 0.717) is 6.10 Å². The highest BCUT2D eigenvalue weighted by molar-refractivity contribution is 5.84. The highest BCUT2D eigenvalue weighted by Crippen LogP contribution is 2.28. The topological polar surface area (TPSA) is 37.4 Å². The van der Waals surface area contributed by atoms with Crippen LogP contribution in [0.2, 0.25) is 0 Å². The van der Waals surface area contributed by atoms with Crippen LogP contribution in [0.3, 0.4) is 0 Å². The van der Waals surface area contributed by atoms with Gasteiger partial charge in [0.25, 0.3) is 0 Å². The van der Waals surface area contributed by atoms with Gasteiger partial charge in [0.15, 0.2) is 0 Å². The molecule has 2 aliphatic rings. The van der Waals surface area contributed by atoms with Crippen molar-refractivity contribution in [3.63, 3.8) is 0 Å². The average molecular weight is 354 g/mol. The Morgan fingerprint density at radius 2 is 1.92 bits per heavy atom. The van der Waals surface area contributed by atoms with Gasteiger partial charge in [0, 0.05) is 30.9 Å². The lowest BCUT2D eigenvalue weighted by molar-refractivity contribution is 0.0954. The Morgan fingerprint density at radius 1 is 1.12 bits per heavy atom. The molecule has 0 bridgehead atoms. The molecule has 1 aromatic carbocycles. The van der Waals surface area contributed by atoms with Gasteiger partial charge in [0.05, 0.1) is 0 Å². The lowest BCUT2D eigenvalue weighted by Crippen LogP contribution is -2.39. The molecule has 4 heteroatoms. The number of nitrogens with zero attached hydrogens (tertiary/aromatic N) is 2. The predicted molar refractivity (Wildman–Crippen MR) is 107 cm³/mol. The lowest BCUT2D eigenvalue weighted by atomic mass is 9.94. The van der Waals surface area contributed by atoms with Crippen LogP contribution in [0.15, 0.2) is 30.6 Å². The maximum Gasteiger partial charge on any atom is 0.123 e. The molecule has 0 atom stereocenters. The Kier molecular flexibility index (Phi) is 5.71. The smallest absolute Gasteiger partial charge is 0.123 e. The molecule has 0 amide bonds. The summed E-state index contributed by atoms with van der Waals surface area (Å²) in [5.41, 5.74) is 1.21. The summed E-state index contributed by atoms with van der Waals surface area (Å²) < 4.78 is 6.38. The second-order valence-electron chi connectivity index (χ2n) is 7.98. The predicted octanol–water partition coefficient (Wildman–Crippen LogP) is 3.78. The van der Waals surface area contributed by atoms with Gasteiger partial charge in [0.1, 0.15) is 11.9 Å². The first-order valence-corrected chi connectivity index (χ1v) is 10.2. The molecule has 2 fully saturated rings. The van der Waals surface area contributed by atoms with E-state index < -0.39 is 0 Å². The van der Waals surface area contributed by atoms with Crippen molar-refractivity contribution in [2.45, 2.75) is 45.1 Å². The molecule has 1 aromatic heterocycles. The number of fused-ring (bicyclic) bond motifs is 1. The zero-order valence-corrected chi connectivity index (χ0v) is 15.9. The summed E-state index contributed by atoms with van der Waals surface area (Å²) in [6, 6.07) is 6.42. The van der Waals surface area contributed by atoms with Crippen LogP contribution in [0.1, 0.15) is 37.7 Å². The molecular weight excluding hydrogens is 322 g/mol. The third kappa shape index (κ3) is 4.36. The van der Waals surface area contributed by atoms with Gasteiger partial charge in [-0.1, -0.05) is 0 Å². The van der Waals surface area contributed by atoms with Gasteiger partial charge in [0.2, 0.25) is 0 Å². The molecule has 4 rings (SSSR count). The zero-order valence-electron chi connectivity index (χ0n) is 15.9. The Labute approximate surface area is 156 Å². The fourth-order valence-electron chi connectivity index (χ4n) is 4.32. The Hall–Kier alpha value is -1.65. The number of pyridine rings is 1. The fourth-order valence-corrected chi connectivity index (χ4v) is 4.32. The van der Waals surface area contributed by atoms with Gasteiger partial charge in [-0.15, -0.1) is 0 Å². The molecule has 26 heavy (non-hydrogen) atoms. The molecule has 0 aliphatic carbocycles. The van der Waals surface area contributed by atoms with Crippen LogP contribution in [0.4, 0.5) is 0 Å². The van der Waals surface area contributed by atoms with Crippen molar-refractivity contribution in [1.82, 2.24) is 15.2 Å². The third-order valence-corrected chi connectivity index (χ3v) is 6.07. The van der Waals surface area contributed by atoms with E-state index in [0.717, 1.165) is 24.5 Å². The van der Waals surface area contributed by atoms with E-state index in [9.17, 15) is 0 Å². The van der Waals surface area contributed by atoms with Gasteiger partial charge >= 0.3 is 0 Å². The van der Waals surface area contributed by atoms with Crippen LogP contribution >= 0.6 is 0 Å². The monoisotopic (exact) mass is 353 g/mol. The van der Waals surface area contributed by atoms with Crippen LogP contribution in [0.25, 0.3) is 10.8 Å². The Morgan fingerprint density at radius 3 is 2.73 bits per heavy atom. The summed E-state index contributed by atoms with van der Waals surface area (Å²) in [7, 11) is 0. The maximum absolute atomic E-state index is 6.38. The molecule has 4 nitrogen and oxygen atoms in total. The van der Waals surface area contributed by atoms with E-state index in [1.54, 1.807) is 0 Å². The Bertz CT molecular complexity index is 718. The number of aryl methyl sites for hydroxylation is 1. The lowest BCUT2D eigenvalue weighted by Gasteiger charge is -2.33. The summed E-state index contributed by atoms with van der Waals surface area (Å²) in [6.07, 6.45) is 10.5. The van der Waals surface area contributed by atoms with Gasteiger partial charge < -0.3 is 15.0 Å². The van der Waals surface area contributed by atoms with Gasteiger partial charge in [-0.05, 0) is 93.7 Å². The van der Waals surface area contributed by atoms with Crippen molar-refractivity contribution in [2.75, 3.05) is 32.7 Å². The fraction of sp³-hybridized carbons (Fsp3) is 0.591. The summed E-state index contributed by atoms with van der Waals surface area (Å²) in [6.45, 7) is 8.16. The van der Waals surface area contributed by atoms with Crippen molar-refractivity contribution in [2.24, 2.45) is 5.92 Å². The van der Waals surface area contributed by atoms with Crippen molar-refractivity contribution in [3.8, 4) is 5.75 Å². The van der Waals surface area contributed by atoms with Crippen molar-refractivity contribution >= 4 is 10.8 Å². The molecule has 140 valence electrons. The minimum absolute atomic E-state index is 0.350. The van der Waals surface area contributed by atoms with Crippen LogP contribution in [-0.4, -0.2) is 48.7 Å². The van der Waals surface area contributed by atoms with E-state index in [1.165, 1.54) is 68.3 Å². The SMILES string of the molecule is Cc1cc2cnccc2cc1OC1CCN(CCC2CCNCC2)CC1. The largest absolute Gasteiger partial charge is 0.490 e. The van der Waals surface area contributed by atoms with E-state index in [2.05, 4.69) is 40.3 Å².